The Kier molecular flexibility index (Phi) is 5.89. The van der Waals surface area contributed by atoms with Crippen molar-refractivity contribution in [2.45, 2.75) is 6.92 Å². The van der Waals surface area contributed by atoms with Gasteiger partial charge in [0.15, 0.2) is 5.11 Å². The molecule has 0 bridgehead atoms. The van der Waals surface area contributed by atoms with Gasteiger partial charge in [-0.3, -0.25) is 0 Å². The van der Waals surface area contributed by atoms with E-state index < -0.39 is 0 Å². The Bertz CT molecular complexity index is 447. The second kappa shape index (κ2) is 7.19. The molecule has 18 heavy (non-hydrogen) atoms. The van der Waals surface area contributed by atoms with E-state index in [2.05, 4.69) is 18.5 Å². The van der Waals surface area contributed by atoms with Crippen molar-refractivity contribution in [3.8, 4) is 0 Å². The second-order valence-electron chi connectivity index (χ2n) is 3.87. The van der Waals surface area contributed by atoms with Crippen LogP contribution in [0.4, 0.5) is 5.69 Å². The van der Waals surface area contributed by atoms with Crippen molar-refractivity contribution in [3.63, 3.8) is 0 Å². The summed E-state index contributed by atoms with van der Waals surface area (Å²) in [6.45, 7) is 10.8. The summed E-state index contributed by atoms with van der Waals surface area (Å²) in [5.74, 6) is 0. The molecular weight excluding hydrogens is 264 g/mol. The summed E-state index contributed by atoms with van der Waals surface area (Å²) < 4.78 is 0. The number of hydrogen-bond donors (Lipinski definition) is 1. The van der Waals surface area contributed by atoms with E-state index >= 15 is 0 Å². The maximum absolute atomic E-state index is 5.97. The Morgan fingerprint density at radius 3 is 2.56 bits per heavy atom. The van der Waals surface area contributed by atoms with Crippen LogP contribution in [0.3, 0.4) is 0 Å². The van der Waals surface area contributed by atoms with Gasteiger partial charge < -0.3 is 10.2 Å². The Morgan fingerprint density at radius 1 is 1.39 bits per heavy atom. The lowest BCUT2D eigenvalue weighted by Gasteiger charge is -2.23. The van der Waals surface area contributed by atoms with E-state index in [1.54, 1.807) is 0 Å². The molecule has 0 unspecified atom stereocenters. The number of thiocarbonyl (C=S) groups is 1. The van der Waals surface area contributed by atoms with Gasteiger partial charge in [0.2, 0.25) is 0 Å². The highest BCUT2D eigenvalue weighted by molar-refractivity contribution is 7.80. The predicted molar refractivity (Wildman–Crippen MR) is 84.4 cm³/mol. The number of rotatable bonds is 5. The molecule has 0 aliphatic heterocycles. The molecule has 2 nitrogen and oxygen atoms in total. The molecular formula is C14H17ClN2S. The molecule has 1 rings (SSSR count). The molecule has 4 heteroatoms. The number of hydrogen-bond acceptors (Lipinski definition) is 1. The first-order chi connectivity index (χ1) is 8.58. The van der Waals surface area contributed by atoms with Crippen LogP contribution in [0, 0.1) is 6.92 Å². The SMILES string of the molecule is C=CCN(CC=C)C(=S)Nc1cc(Cl)ccc1C. The number of anilines is 1. The molecule has 0 radical (unpaired) electrons. The first-order valence-electron chi connectivity index (χ1n) is 5.62. The van der Waals surface area contributed by atoms with Gasteiger partial charge in [-0.1, -0.05) is 29.8 Å². The first-order valence-corrected chi connectivity index (χ1v) is 6.41. The Balaban J connectivity index is 2.81. The first kappa shape index (κ1) is 14.7. The number of nitrogens with zero attached hydrogens (tertiary/aromatic N) is 1. The van der Waals surface area contributed by atoms with Crippen molar-refractivity contribution in [3.05, 3.63) is 54.1 Å². The van der Waals surface area contributed by atoms with E-state index in [0.717, 1.165) is 11.3 Å². The fourth-order valence-electron chi connectivity index (χ4n) is 1.48. The Morgan fingerprint density at radius 2 is 2.00 bits per heavy atom. The van der Waals surface area contributed by atoms with Crippen LogP contribution in [-0.2, 0) is 0 Å². The maximum Gasteiger partial charge on any atom is 0.173 e. The molecule has 0 aromatic heterocycles. The molecule has 0 heterocycles. The van der Waals surface area contributed by atoms with E-state index in [-0.39, 0.29) is 0 Å². The van der Waals surface area contributed by atoms with Gasteiger partial charge in [0.1, 0.15) is 0 Å². The van der Waals surface area contributed by atoms with Crippen LogP contribution >= 0.6 is 23.8 Å². The average Bonchev–Trinajstić information content (AvgIpc) is 2.33. The second-order valence-corrected chi connectivity index (χ2v) is 4.69. The van der Waals surface area contributed by atoms with E-state index in [9.17, 15) is 0 Å². The minimum atomic E-state index is 0.639. The van der Waals surface area contributed by atoms with Gasteiger partial charge in [-0.25, -0.2) is 0 Å². The highest BCUT2D eigenvalue weighted by Crippen LogP contribution is 2.20. The minimum absolute atomic E-state index is 0.639. The summed E-state index contributed by atoms with van der Waals surface area (Å²) in [6, 6.07) is 5.68. The molecule has 0 fully saturated rings. The molecule has 0 aliphatic carbocycles. The van der Waals surface area contributed by atoms with Crippen LogP contribution in [0.2, 0.25) is 5.02 Å². The largest absolute Gasteiger partial charge is 0.342 e. The predicted octanol–water partition coefficient (Wildman–Crippen LogP) is 4.02. The summed E-state index contributed by atoms with van der Waals surface area (Å²) in [7, 11) is 0. The molecule has 1 N–H and O–H groups in total. The third kappa shape index (κ3) is 4.17. The average molecular weight is 281 g/mol. The van der Waals surface area contributed by atoms with Crippen LogP contribution in [0.5, 0.6) is 0 Å². The van der Waals surface area contributed by atoms with Crippen molar-refractivity contribution >= 4 is 34.6 Å². The van der Waals surface area contributed by atoms with E-state index in [1.807, 2.05) is 42.2 Å². The van der Waals surface area contributed by atoms with Crippen LogP contribution in [-0.4, -0.2) is 23.1 Å². The highest BCUT2D eigenvalue weighted by atomic mass is 35.5. The number of nitrogens with one attached hydrogen (secondary N) is 1. The smallest absolute Gasteiger partial charge is 0.173 e. The van der Waals surface area contributed by atoms with Crippen LogP contribution in [0.25, 0.3) is 0 Å². The third-order valence-electron chi connectivity index (χ3n) is 2.43. The van der Waals surface area contributed by atoms with Crippen molar-refractivity contribution in [2.24, 2.45) is 0 Å². The van der Waals surface area contributed by atoms with Gasteiger partial charge >= 0.3 is 0 Å². The van der Waals surface area contributed by atoms with Gasteiger partial charge in [0.25, 0.3) is 0 Å². The molecule has 0 saturated heterocycles. The molecule has 1 aromatic carbocycles. The standard InChI is InChI=1S/C14H17ClN2S/c1-4-8-17(9-5-2)14(18)16-13-10-12(15)7-6-11(13)3/h4-7,10H,1-2,8-9H2,3H3,(H,16,18). The lowest BCUT2D eigenvalue weighted by atomic mass is 10.2. The number of aryl methyl sites for hydroxylation is 1. The molecule has 96 valence electrons. The summed E-state index contributed by atoms with van der Waals surface area (Å²) in [6.07, 6.45) is 3.62. The monoisotopic (exact) mass is 280 g/mol. The van der Waals surface area contributed by atoms with Crippen molar-refractivity contribution in [1.29, 1.82) is 0 Å². The number of benzene rings is 1. The van der Waals surface area contributed by atoms with Crippen molar-refractivity contribution in [2.75, 3.05) is 18.4 Å². The molecule has 1 aromatic rings. The lowest BCUT2D eigenvalue weighted by Crippen LogP contribution is -2.35. The number of halogens is 1. The quantitative estimate of drug-likeness (QED) is 0.648. The molecule has 0 atom stereocenters. The Labute approximate surface area is 119 Å². The van der Waals surface area contributed by atoms with Gasteiger partial charge in [0, 0.05) is 23.8 Å². The van der Waals surface area contributed by atoms with E-state index in [1.165, 1.54) is 0 Å². The normalized spacial score (nSPS) is 9.67. The topological polar surface area (TPSA) is 15.3 Å². The maximum atomic E-state index is 5.97. The Hall–Kier alpha value is -1.32. The zero-order chi connectivity index (χ0) is 13.5. The van der Waals surface area contributed by atoms with Crippen LogP contribution in [0.1, 0.15) is 5.56 Å². The summed E-state index contributed by atoms with van der Waals surface area (Å²) in [4.78, 5) is 1.97. The lowest BCUT2D eigenvalue weighted by molar-refractivity contribution is 0.522. The molecule has 0 amide bonds. The minimum Gasteiger partial charge on any atom is -0.342 e. The van der Waals surface area contributed by atoms with Crippen molar-refractivity contribution < 1.29 is 0 Å². The van der Waals surface area contributed by atoms with Crippen LogP contribution < -0.4 is 5.32 Å². The van der Waals surface area contributed by atoms with Crippen LogP contribution in [0.15, 0.2) is 43.5 Å². The third-order valence-corrected chi connectivity index (χ3v) is 3.02. The molecule has 0 saturated carbocycles. The zero-order valence-electron chi connectivity index (χ0n) is 10.4. The van der Waals surface area contributed by atoms with Gasteiger partial charge in [-0.2, -0.15) is 0 Å². The fraction of sp³-hybridized carbons (Fsp3) is 0.214. The highest BCUT2D eigenvalue weighted by Gasteiger charge is 2.08. The fourth-order valence-corrected chi connectivity index (χ4v) is 1.91. The van der Waals surface area contributed by atoms with Crippen molar-refractivity contribution in [1.82, 2.24) is 4.90 Å². The van der Waals surface area contributed by atoms with E-state index in [4.69, 9.17) is 23.8 Å². The summed E-state index contributed by atoms with van der Waals surface area (Å²) in [5.41, 5.74) is 2.02. The van der Waals surface area contributed by atoms with Gasteiger partial charge in [0.05, 0.1) is 0 Å². The van der Waals surface area contributed by atoms with Gasteiger partial charge in [-0.15, -0.1) is 13.2 Å². The zero-order valence-corrected chi connectivity index (χ0v) is 12.0. The molecule has 0 spiro atoms. The van der Waals surface area contributed by atoms with E-state index in [0.29, 0.717) is 23.2 Å². The molecule has 0 aliphatic rings. The summed E-state index contributed by atoms with van der Waals surface area (Å²) in [5, 5.41) is 4.52. The summed E-state index contributed by atoms with van der Waals surface area (Å²) >= 11 is 11.3. The van der Waals surface area contributed by atoms with Gasteiger partial charge in [-0.05, 0) is 36.8 Å².